The maximum Gasteiger partial charge on any atom is 0.366 e. The first-order valence-electron chi connectivity index (χ1n) is 3.50. The van der Waals surface area contributed by atoms with Crippen LogP contribution in [0.15, 0.2) is 24.3 Å². The Morgan fingerprint density at radius 3 is 2.83 bits per heavy atom. The molecular formula is C8H6N4. The maximum absolute atomic E-state index is 8.59. The minimum atomic E-state index is 0.138. The number of nitrogens with one attached hydrogen (secondary N) is 2. The number of hydrogen-bond donors (Lipinski definition) is 2. The molecule has 2 N–H and O–H groups in total. The fourth-order valence-corrected chi connectivity index (χ4v) is 1.23. The van der Waals surface area contributed by atoms with Gasteiger partial charge in [0.05, 0.1) is 11.3 Å². The second-order valence-corrected chi connectivity index (χ2v) is 2.49. The van der Waals surface area contributed by atoms with Gasteiger partial charge in [0.25, 0.3) is 0 Å². The summed E-state index contributed by atoms with van der Waals surface area (Å²) in [6, 6.07) is 7.34. The normalized spacial score (nSPS) is 13.7. The van der Waals surface area contributed by atoms with E-state index in [-0.39, 0.29) is 5.84 Å². The Morgan fingerprint density at radius 1 is 1.33 bits per heavy atom. The molecule has 1 heterocycles. The predicted molar refractivity (Wildman–Crippen MR) is 45.5 cm³/mol. The molecule has 58 valence electrons. The van der Waals surface area contributed by atoms with Gasteiger partial charge in [0.2, 0.25) is 5.84 Å². The van der Waals surface area contributed by atoms with Crippen LogP contribution in [0.2, 0.25) is 0 Å². The minimum Gasteiger partial charge on any atom is -0.361 e. The molecule has 1 aliphatic heterocycles. The van der Waals surface area contributed by atoms with Crippen LogP contribution in [0.3, 0.4) is 0 Å². The Morgan fingerprint density at radius 2 is 2.08 bits per heavy atom. The monoisotopic (exact) mass is 158 g/mol. The number of nitrogens with zero attached hydrogens (tertiary/aromatic N) is 2. The molecule has 2 rings (SSSR count). The van der Waals surface area contributed by atoms with Crippen LogP contribution in [-0.4, -0.2) is 16.3 Å². The first-order chi connectivity index (χ1) is 5.83. The molecule has 1 aliphatic rings. The number of hydrogen-bond acceptors (Lipinski definition) is 1. The summed E-state index contributed by atoms with van der Waals surface area (Å²) >= 11 is 0. The number of para-hydroxylation sites is 1. The van der Waals surface area contributed by atoms with Crippen molar-refractivity contribution in [2.45, 2.75) is 0 Å². The van der Waals surface area contributed by atoms with Gasteiger partial charge in [-0.05, 0) is 12.1 Å². The van der Waals surface area contributed by atoms with E-state index in [2.05, 4.69) is 10.1 Å². The summed E-state index contributed by atoms with van der Waals surface area (Å²) in [6.07, 6.45) is 0. The summed E-state index contributed by atoms with van der Waals surface area (Å²) in [5, 5.41) is 10.2. The average molecular weight is 158 g/mol. The highest BCUT2D eigenvalue weighted by Crippen LogP contribution is 2.21. The zero-order chi connectivity index (χ0) is 8.55. The van der Waals surface area contributed by atoms with Crippen molar-refractivity contribution in [2.24, 2.45) is 0 Å². The molecular weight excluding hydrogens is 152 g/mol. The van der Waals surface area contributed by atoms with E-state index in [1.54, 1.807) is 6.07 Å². The quantitative estimate of drug-likeness (QED) is 0.430. The molecule has 0 radical (unpaired) electrons. The molecule has 1 aromatic carbocycles. The van der Waals surface area contributed by atoms with Crippen LogP contribution in [-0.2, 0) is 0 Å². The molecule has 0 aliphatic carbocycles. The van der Waals surface area contributed by atoms with E-state index in [9.17, 15) is 0 Å². The van der Waals surface area contributed by atoms with Crippen LogP contribution in [0.25, 0.3) is 5.53 Å². The van der Waals surface area contributed by atoms with Crippen molar-refractivity contribution in [3.8, 4) is 0 Å². The number of rotatable bonds is 0. The molecule has 0 unspecified atom stereocenters. The lowest BCUT2D eigenvalue weighted by Gasteiger charge is -1.91. The molecule has 4 heteroatoms. The van der Waals surface area contributed by atoms with Crippen molar-refractivity contribution in [3.63, 3.8) is 0 Å². The van der Waals surface area contributed by atoms with E-state index in [4.69, 9.17) is 10.9 Å². The van der Waals surface area contributed by atoms with Crippen molar-refractivity contribution < 1.29 is 4.79 Å². The SMILES string of the molecule is [N-]=[N+]=C1C(=N)Nc2ccccc21. The zero-order valence-electron chi connectivity index (χ0n) is 6.20. The smallest absolute Gasteiger partial charge is 0.361 e. The van der Waals surface area contributed by atoms with Crippen molar-refractivity contribution in [1.82, 2.24) is 0 Å². The van der Waals surface area contributed by atoms with Gasteiger partial charge in [-0.25, -0.2) is 0 Å². The molecule has 0 saturated heterocycles. The molecule has 0 aromatic heterocycles. The van der Waals surface area contributed by atoms with Gasteiger partial charge in [0.15, 0.2) is 0 Å². The lowest BCUT2D eigenvalue weighted by molar-refractivity contribution is -0.000224. The highest BCUT2D eigenvalue weighted by molar-refractivity contribution is 6.52. The fraction of sp³-hybridized carbons (Fsp3) is 0. The molecule has 4 nitrogen and oxygen atoms in total. The molecule has 0 saturated carbocycles. The number of amidine groups is 1. The van der Waals surface area contributed by atoms with Crippen LogP contribution < -0.4 is 5.32 Å². The predicted octanol–water partition coefficient (Wildman–Crippen LogP) is 1.11. The van der Waals surface area contributed by atoms with E-state index in [0.717, 1.165) is 11.3 Å². The first kappa shape index (κ1) is 6.76. The largest absolute Gasteiger partial charge is 0.366 e. The lowest BCUT2D eigenvalue weighted by atomic mass is 10.1. The van der Waals surface area contributed by atoms with Gasteiger partial charge in [0.1, 0.15) is 0 Å². The van der Waals surface area contributed by atoms with Crippen LogP contribution in [0.5, 0.6) is 0 Å². The Hall–Kier alpha value is -1.93. The molecule has 0 amide bonds. The fourth-order valence-electron chi connectivity index (χ4n) is 1.23. The Bertz CT molecular complexity index is 401. The summed E-state index contributed by atoms with van der Waals surface area (Å²) in [5.41, 5.74) is 10.5. The molecule has 0 bridgehead atoms. The highest BCUT2D eigenvalue weighted by atomic mass is 15.0. The summed E-state index contributed by atoms with van der Waals surface area (Å²) < 4.78 is 0. The van der Waals surface area contributed by atoms with Crippen molar-refractivity contribution in [1.29, 1.82) is 5.41 Å². The van der Waals surface area contributed by atoms with Crippen molar-refractivity contribution in [2.75, 3.05) is 5.32 Å². The Kier molecular flexibility index (Phi) is 1.29. The number of benzene rings is 1. The van der Waals surface area contributed by atoms with Crippen LogP contribution in [0, 0.1) is 5.41 Å². The summed E-state index contributed by atoms with van der Waals surface area (Å²) in [7, 11) is 0. The zero-order valence-corrected chi connectivity index (χ0v) is 6.20. The van der Waals surface area contributed by atoms with Crippen molar-refractivity contribution in [3.05, 3.63) is 35.4 Å². The van der Waals surface area contributed by atoms with Gasteiger partial charge in [-0.3, -0.25) is 5.41 Å². The standard InChI is InChI=1S/C8H6N4/c9-8-7(12-10)5-3-1-2-4-6(5)11-8/h1-4H,(H2,9,11). The maximum atomic E-state index is 8.59. The third kappa shape index (κ3) is 0.758. The second-order valence-electron chi connectivity index (χ2n) is 2.49. The topological polar surface area (TPSA) is 72.3 Å². The van der Waals surface area contributed by atoms with E-state index < -0.39 is 0 Å². The highest BCUT2D eigenvalue weighted by Gasteiger charge is 2.29. The van der Waals surface area contributed by atoms with Gasteiger partial charge in [0, 0.05) is 0 Å². The summed E-state index contributed by atoms with van der Waals surface area (Å²) in [6.45, 7) is 0. The molecule has 1 aromatic rings. The van der Waals surface area contributed by atoms with Gasteiger partial charge >= 0.3 is 5.71 Å². The first-order valence-corrected chi connectivity index (χ1v) is 3.50. The summed E-state index contributed by atoms with van der Waals surface area (Å²) in [4.78, 5) is 3.04. The summed E-state index contributed by atoms with van der Waals surface area (Å²) in [5.74, 6) is 0.138. The Balaban J connectivity index is 2.70. The average Bonchev–Trinajstić information content (AvgIpc) is 2.40. The van der Waals surface area contributed by atoms with Gasteiger partial charge < -0.3 is 10.8 Å². The van der Waals surface area contributed by atoms with Crippen molar-refractivity contribution >= 4 is 17.2 Å². The van der Waals surface area contributed by atoms with Crippen LogP contribution in [0.1, 0.15) is 5.56 Å². The molecule has 0 fully saturated rings. The second kappa shape index (κ2) is 2.29. The third-order valence-electron chi connectivity index (χ3n) is 1.78. The van der Waals surface area contributed by atoms with E-state index in [0.29, 0.717) is 5.71 Å². The van der Waals surface area contributed by atoms with Gasteiger partial charge in [-0.15, -0.1) is 0 Å². The van der Waals surface area contributed by atoms with Crippen LogP contribution in [0.4, 0.5) is 5.69 Å². The molecule has 0 atom stereocenters. The van der Waals surface area contributed by atoms with E-state index in [1.807, 2.05) is 18.2 Å². The molecule has 0 spiro atoms. The van der Waals surface area contributed by atoms with E-state index >= 15 is 0 Å². The molecule has 12 heavy (non-hydrogen) atoms. The lowest BCUT2D eigenvalue weighted by Crippen LogP contribution is -2.13. The van der Waals surface area contributed by atoms with E-state index in [1.165, 1.54) is 0 Å². The van der Waals surface area contributed by atoms with Crippen LogP contribution >= 0.6 is 0 Å². The minimum absolute atomic E-state index is 0.138. The van der Waals surface area contributed by atoms with Gasteiger partial charge in [-0.1, -0.05) is 12.1 Å². The van der Waals surface area contributed by atoms with Gasteiger partial charge in [-0.2, -0.15) is 4.79 Å². The number of fused-ring (bicyclic) bond motifs is 1. The Labute approximate surface area is 69.0 Å². The number of anilines is 1. The third-order valence-corrected chi connectivity index (χ3v) is 1.78.